The number of hydrogen-bond acceptors (Lipinski definition) is 4. The summed E-state index contributed by atoms with van der Waals surface area (Å²) >= 11 is 0. The number of aliphatic carboxylic acids is 1. The summed E-state index contributed by atoms with van der Waals surface area (Å²) in [4.78, 5) is 22.6. The third-order valence-electron chi connectivity index (χ3n) is 3.07. The molecule has 6 heteroatoms. The summed E-state index contributed by atoms with van der Waals surface area (Å²) in [6.45, 7) is 0.683. The van der Waals surface area contributed by atoms with E-state index >= 15 is 0 Å². The third kappa shape index (κ3) is 3.43. The molecule has 2 rings (SSSR count). The highest BCUT2D eigenvalue weighted by atomic mass is 16.5. The number of carboxylic acids is 1. The van der Waals surface area contributed by atoms with Gasteiger partial charge in [-0.2, -0.15) is 0 Å². The van der Waals surface area contributed by atoms with Crippen LogP contribution in [0, 0.1) is 0 Å². The lowest BCUT2D eigenvalue weighted by atomic mass is 9.99. The summed E-state index contributed by atoms with van der Waals surface area (Å²) < 4.78 is 5.15. The van der Waals surface area contributed by atoms with Crippen molar-refractivity contribution >= 4 is 23.6 Å². The quantitative estimate of drug-likeness (QED) is 0.707. The number of ether oxygens (including phenoxy) is 1. The lowest BCUT2D eigenvalue weighted by Gasteiger charge is -2.20. The van der Waals surface area contributed by atoms with E-state index in [1.165, 1.54) is 6.08 Å². The molecule has 1 aliphatic rings. The van der Waals surface area contributed by atoms with Crippen LogP contribution in [0.3, 0.4) is 0 Å². The van der Waals surface area contributed by atoms with Gasteiger partial charge in [-0.3, -0.25) is 4.79 Å². The lowest BCUT2D eigenvalue weighted by molar-refractivity contribution is -0.131. The van der Waals surface area contributed by atoms with Crippen molar-refractivity contribution in [3.8, 4) is 0 Å². The van der Waals surface area contributed by atoms with Gasteiger partial charge in [0.1, 0.15) is 5.54 Å². The SMILES string of the molecule is NC1(C(=O)Nc2cccc(/C=C/C(=O)O)c2)CCOC1. The normalized spacial score (nSPS) is 22.1. The van der Waals surface area contributed by atoms with Crippen LogP contribution in [0.2, 0.25) is 0 Å². The van der Waals surface area contributed by atoms with Crippen molar-refractivity contribution in [2.24, 2.45) is 5.73 Å². The molecule has 1 aromatic carbocycles. The molecule has 4 N–H and O–H groups in total. The summed E-state index contributed by atoms with van der Waals surface area (Å²) in [5.41, 5.74) is 6.21. The van der Waals surface area contributed by atoms with Gasteiger partial charge in [-0.1, -0.05) is 12.1 Å². The Balaban J connectivity index is 2.08. The molecule has 0 spiro atoms. The second-order valence-corrected chi connectivity index (χ2v) is 4.71. The van der Waals surface area contributed by atoms with Crippen LogP contribution >= 0.6 is 0 Å². The Morgan fingerprint density at radius 3 is 2.90 bits per heavy atom. The zero-order valence-corrected chi connectivity index (χ0v) is 10.8. The molecule has 1 heterocycles. The molecule has 6 nitrogen and oxygen atoms in total. The van der Waals surface area contributed by atoms with Crippen molar-refractivity contribution in [1.29, 1.82) is 0 Å². The summed E-state index contributed by atoms with van der Waals surface area (Å²) in [5.74, 6) is -1.32. The minimum absolute atomic E-state index is 0.206. The van der Waals surface area contributed by atoms with Gasteiger partial charge in [-0.05, 0) is 30.2 Å². The Morgan fingerprint density at radius 2 is 2.25 bits per heavy atom. The maximum absolute atomic E-state index is 12.1. The first-order chi connectivity index (χ1) is 9.49. The van der Waals surface area contributed by atoms with E-state index in [9.17, 15) is 9.59 Å². The summed E-state index contributed by atoms with van der Waals surface area (Å²) in [5, 5.41) is 11.3. The van der Waals surface area contributed by atoms with Crippen LogP contribution in [0.25, 0.3) is 6.08 Å². The predicted molar refractivity (Wildman–Crippen MR) is 74.1 cm³/mol. The summed E-state index contributed by atoms with van der Waals surface area (Å²) in [7, 11) is 0. The number of rotatable bonds is 4. The third-order valence-corrected chi connectivity index (χ3v) is 3.07. The van der Waals surface area contributed by atoms with Crippen LogP contribution in [0.15, 0.2) is 30.3 Å². The van der Waals surface area contributed by atoms with E-state index in [1.54, 1.807) is 24.3 Å². The van der Waals surface area contributed by atoms with Crippen molar-refractivity contribution in [2.75, 3.05) is 18.5 Å². The highest BCUT2D eigenvalue weighted by Gasteiger charge is 2.38. The molecule has 1 fully saturated rings. The Kier molecular flexibility index (Phi) is 4.16. The van der Waals surface area contributed by atoms with Crippen molar-refractivity contribution in [3.05, 3.63) is 35.9 Å². The first-order valence-corrected chi connectivity index (χ1v) is 6.19. The lowest BCUT2D eigenvalue weighted by Crippen LogP contribution is -2.51. The number of nitrogens with two attached hydrogens (primary N) is 1. The van der Waals surface area contributed by atoms with Gasteiger partial charge >= 0.3 is 5.97 Å². The molecule has 0 bridgehead atoms. The minimum Gasteiger partial charge on any atom is -0.478 e. The maximum Gasteiger partial charge on any atom is 0.328 e. The topological polar surface area (TPSA) is 102 Å². The standard InChI is InChI=1S/C14H16N2O4/c15-14(6-7-20-9-14)13(19)16-11-3-1-2-10(8-11)4-5-12(17)18/h1-5,8H,6-7,9,15H2,(H,16,19)(H,17,18)/b5-4+. The fourth-order valence-electron chi connectivity index (χ4n) is 1.90. The molecule has 20 heavy (non-hydrogen) atoms. The van der Waals surface area contributed by atoms with Gasteiger partial charge in [-0.25, -0.2) is 4.79 Å². The molecule has 0 saturated carbocycles. The van der Waals surface area contributed by atoms with Crippen LogP contribution in [0.1, 0.15) is 12.0 Å². The molecule has 1 amide bonds. The molecule has 1 saturated heterocycles. The monoisotopic (exact) mass is 276 g/mol. The van der Waals surface area contributed by atoms with Crippen molar-refractivity contribution in [2.45, 2.75) is 12.0 Å². The Bertz CT molecular complexity index is 548. The second kappa shape index (κ2) is 5.85. The van der Waals surface area contributed by atoms with Gasteiger partial charge < -0.3 is 20.9 Å². The fourth-order valence-corrected chi connectivity index (χ4v) is 1.90. The van der Waals surface area contributed by atoms with E-state index in [2.05, 4.69) is 5.32 Å². The first-order valence-electron chi connectivity index (χ1n) is 6.19. The van der Waals surface area contributed by atoms with Crippen LogP contribution < -0.4 is 11.1 Å². The number of carboxylic acid groups (broad SMARTS) is 1. The highest BCUT2D eigenvalue weighted by Crippen LogP contribution is 2.19. The van der Waals surface area contributed by atoms with E-state index in [-0.39, 0.29) is 12.5 Å². The number of benzene rings is 1. The molecular formula is C14H16N2O4. The Labute approximate surface area is 116 Å². The smallest absolute Gasteiger partial charge is 0.328 e. The molecule has 0 radical (unpaired) electrons. The van der Waals surface area contributed by atoms with Gasteiger partial charge in [0, 0.05) is 18.4 Å². The van der Waals surface area contributed by atoms with Gasteiger partial charge in [0.25, 0.3) is 0 Å². The van der Waals surface area contributed by atoms with Gasteiger partial charge in [0.05, 0.1) is 6.61 Å². The van der Waals surface area contributed by atoms with Gasteiger partial charge in [0.15, 0.2) is 0 Å². The van der Waals surface area contributed by atoms with E-state index in [0.29, 0.717) is 24.3 Å². The maximum atomic E-state index is 12.1. The number of carbonyl (C=O) groups is 2. The number of anilines is 1. The number of amides is 1. The summed E-state index contributed by atoms with van der Waals surface area (Å²) in [6.07, 6.45) is 2.97. The minimum atomic E-state index is -1.02. The van der Waals surface area contributed by atoms with Crippen molar-refractivity contribution in [1.82, 2.24) is 0 Å². The Morgan fingerprint density at radius 1 is 1.45 bits per heavy atom. The zero-order valence-electron chi connectivity index (χ0n) is 10.8. The van der Waals surface area contributed by atoms with Crippen LogP contribution in [0.5, 0.6) is 0 Å². The Hall–Kier alpha value is -2.18. The molecule has 0 aromatic heterocycles. The van der Waals surface area contributed by atoms with E-state index < -0.39 is 11.5 Å². The zero-order chi connectivity index (χ0) is 14.6. The van der Waals surface area contributed by atoms with Gasteiger partial charge in [0.2, 0.25) is 5.91 Å². The first kappa shape index (κ1) is 14.2. The van der Waals surface area contributed by atoms with Crippen LogP contribution in [0.4, 0.5) is 5.69 Å². The van der Waals surface area contributed by atoms with E-state index in [0.717, 1.165) is 6.08 Å². The molecule has 1 aliphatic heterocycles. The van der Waals surface area contributed by atoms with Crippen LogP contribution in [-0.4, -0.2) is 35.7 Å². The second-order valence-electron chi connectivity index (χ2n) is 4.71. The molecule has 106 valence electrons. The van der Waals surface area contributed by atoms with E-state index in [4.69, 9.17) is 15.6 Å². The van der Waals surface area contributed by atoms with Crippen molar-refractivity contribution < 1.29 is 19.4 Å². The van der Waals surface area contributed by atoms with E-state index in [1.807, 2.05) is 0 Å². The number of hydrogen-bond donors (Lipinski definition) is 3. The number of nitrogens with one attached hydrogen (secondary N) is 1. The number of carbonyl (C=O) groups excluding carboxylic acids is 1. The average molecular weight is 276 g/mol. The highest BCUT2D eigenvalue weighted by molar-refractivity contribution is 5.98. The molecule has 1 unspecified atom stereocenters. The molecular weight excluding hydrogens is 260 g/mol. The average Bonchev–Trinajstić information content (AvgIpc) is 2.85. The van der Waals surface area contributed by atoms with Gasteiger partial charge in [-0.15, -0.1) is 0 Å². The molecule has 0 aliphatic carbocycles. The largest absolute Gasteiger partial charge is 0.478 e. The fraction of sp³-hybridized carbons (Fsp3) is 0.286. The van der Waals surface area contributed by atoms with Crippen molar-refractivity contribution in [3.63, 3.8) is 0 Å². The van der Waals surface area contributed by atoms with Crippen LogP contribution in [-0.2, 0) is 14.3 Å². The summed E-state index contributed by atoms with van der Waals surface area (Å²) in [6, 6.07) is 6.86. The molecule has 1 aromatic rings. The molecule has 1 atom stereocenters. The predicted octanol–water partition coefficient (Wildman–Crippen LogP) is 0.841.